The van der Waals surface area contributed by atoms with Crippen molar-refractivity contribution in [2.75, 3.05) is 0 Å². The molecule has 0 atom stereocenters. The van der Waals surface area contributed by atoms with E-state index < -0.39 is 0 Å². The number of hydrogen-bond donors (Lipinski definition) is 0. The molecule has 0 saturated heterocycles. The van der Waals surface area contributed by atoms with E-state index in [9.17, 15) is 4.79 Å². The van der Waals surface area contributed by atoms with Crippen LogP contribution in [0.5, 0.6) is 0 Å². The Kier molecular flexibility index (Phi) is 4.11. The van der Waals surface area contributed by atoms with E-state index in [1.54, 1.807) is 24.5 Å². The molecule has 0 aliphatic carbocycles. The smallest absolute Gasteiger partial charge is 0.348 e. The molecule has 0 amide bonds. The van der Waals surface area contributed by atoms with Crippen LogP contribution in [0, 0.1) is 6.92 Å². The number of rotatable bonds is 5. The van der Waals surface area contributed by atoms with Gasteiger partial charge in [-0.25, -0.2) is 4.79 Å². The van der Waals surface area contributed by atoms with Gasteiger partial charge in [-0.3, -0.25) is 0 Å². The van der Waals surface area contributed by atoms with Gasteiger partial charge in [-0.2, -0.15) is 0 Å². The van der Waals surface area contributed by atoms with E-state index >= 15 is 0 Å². The van der Waals surface area contributed by atoms with Gasteiger partial charge in [0.05, 0.1) is 6.26 Å². The lowest BCUT2D eigenvalue weighted by Crippen LogP contribution is -2.03. The minimum absolute atomic E-state index is 0.0709. The lowest BCUT2D eigenvalue weighted by Gasteiger charge is -1.99. The maximum absolute atomic E-state index is 12.0. The van der Waals surface area contributed by atoms with Gasteiger partial charge < -0.3 is 13.7 Å². The van der Waals surface area contributed by atoms with E-state index in [1.165, 1.54) is 16.2 Å². The fourth-order valence-corrected chi connectivity index (χ4v) is 3.10. The van der Waals surface area contributed by atoms with Gasteiger partial charge in [-0.1, -0.05) is 12.1 Å². The summed E-state index contributed by atoms with van der Waals surface area (Å²) in [4.78, 5) is 13.9. The molecule has 0 N–H and O–H groups in total. The lowest BCUT2D eigenvalue weighted by atomic mass is 10.2. The van der Waals surface area contributed by atoms with E-state index in [0.717, 1.165) is 12.0 Å². The molecule has 3 heterocycles. The number of esters is 1. The van der Waals surface area contributed by atoms with Crippen LogP contribution in [-0.2, 0) is 17.8 Å². The summed E-state index contributed by atoms with van der Waals surface area (Å²) in [5.41, 5.74) is 1.67. The molecule has 0 aliphatic heterocycles. The van der Waals surface area contributed by atoms with Crippen molar-refractivity contribution < 1.29 is 18.5 Å². The van der Waals surface area contributed by atoms with Gasteiger partial charge in [-0.15, -0.1) is 11.3 Å². The molecule has 0 spiro atoms. The Balaban J connectivity index is 1.63. The van der Waals surface area contributed by atoms with E-state index in [2.05, 4.69) is 12.1 Å². The zero-order chi connectivity index (χ0) is 15.5. The summed E-state index contributed by atoms with van der Waals surface area (Å²) in [6.07, 6.45) is 2.47. The molecule has 0 radical (unpaired) electrons. The Morgan fingerprint density at radius 1 is 1.36 bits per heavy atom. The summed E-state index contributed by atoms with van der Waals surface area (Å²) >= 11 is 1.47. The van der Waals surface area contributed by atoms with Gasteiger partial charge in [0, 0.05) is 10.9 Å². The number of nitrogens with zero attached hydrogens (tertiary/aromatic N) is 1. The van der Waals surface area contributed by atoms with Gasteiger partial charge in [-0.05, 0) is 37.1 Å². The molecule has 0 aromatic carbocycles. The van der Waals surface area contributed by atoms with Crippen LogP contribution in [-0.4, -0.2) is 11.1 Å². The third-order valence-electron chi connectivity index (χ3n) is 3.22. The van der Waals surface area contributed by atoms with Crippen molar-refractivity contribution >= 4 is 17.3 Å². The molecule has 114 valence electrons. The van der Waals surface area contributed by atoms with E-state index in [0.29, 0.717) is 22.1 Å². The first-order valence-corrected chi connectivity index (χ1v) is 7.75. The van der Waals surface area contributed by atoms with Crippen molar-refractivity contribution in [2.24, 2.45) is 0 Å². The van der Waals surface area contributed by atoms with Crippen molar-refractivity contribution in [1.29, 1.82) is 0 Å². The molecule has 3 rings (SSSR count). The van der Waals surface area contributed by atoms with Crippen molar-refractivity contribution in [1.82, 2.24) is 5.16 Å². The number of carbonyl (C=O) groups excluding carboxylic acids is 1. The van der Waals surface area contributed by atoms with Crippen molar-refractivity contribution in [3.8, 4) is 11.5 Å². The molecular weight excluding hydrogens is 302 g/mol. The number of hydrogen-bond acceptors (Lipinski definition) is 6. The molecule has 22 heavy (non-hydrogen) atoms. The summed E-state index contributed by atoms with van der Waals surface area (Å²) in [5, 5.41) is 3.87. The molecule has 3 aromatic heterocycles. The molecule has 6 heteroatoms. The molecular formula is C16H15NO4S. The number of carbonyl (C=O) groups is 1. The zero-order valence-corrected chi connectivity index (χ0v) is 13.1. The van der Waals surface area contributed by atoms with Crippen LogP contribution in [0.2, 0.25) is 0 Å². The molecule has 0 saturated carbocycles. The number of ether oxygens (including phenoxy) is 1. The molecule has 0 fully saturated rings. The highest BCUT2D eigenvalue weighted by Crippen LogP contribution is 2.24. The fraction of sp³-hybridized carbons (Fsp3) is 0.250. The van der Waals surface area contributed by atoms with E-state index in [1.807, 2.05) is 13.0 Å². The average Bonchev–Trinajstić information content (AvgIpc) is 3.24. The standard InChI is InChI=1S/C16H15NO4S/c1-3-14-10(2)7-15(22-14)16(18)20-9-11-8-13(21-17-11)12-5-4-6-19-12/h4-8H,3,9H2,1-2H3. The van der Waals surface area contributed by atoms with Crippen LogP contribution in [0.3, 0.4) is 0 Å². The number of aromatic nitrogens is 1. The second-order valence-corrected chi connectivity index (χ2v) is 5.94. The highest BCUT2D eigenvalue weighted by atomic mass is 32.1. The number of aryl methyl sites for hydroxylation is 2. The van der Waals surface area contributed by atoms with Gasteiger partial charge in [0.1, 0.15) is 17.2 Å². The van der Waals surface area contributed by atoms with Gasteiger partial charge >= 0.3 is 5.97 Å². The third-order valence-corrected chi connectivity index (χ3v) is 4.58. The summed E-state index contributed by atoms with van der Waals surface area (Å²) < 4.78 is 15.6. The summed E-state index contributed by atoms with van der Waals surface area (Å²) in [5.74, 6) is 0.762. The quantitative estimate of drug-likeness (QED) is 0.659. The highest BCUT2D eigenvalue weighted by Gasteiger charge is 2.15. The third kappa shape index (κ3) is 2.96. The molecule has 5 nitrogen and oxygen atoms in total. The topological polar surface area (TPSA) is 65.5 Å². The van der Waals surface area contributed by atoms with Crippen LogP contribution in [0.1, 0.15) is 32.7 Å². The summed E-state index contributed by atoms with van der Waals surface area (Å²) in [6, 6.07) is 7.10. The maximum atomic E-state index is 12.0. The van der Waals surface area contributed by atoms with Gasteiger partial charge in [0.25, 0.3) is 0 Å². The lowest BCUT2D eigenvalue weighted by molar-refractivity contribution is 0.0470. The monoisotopic (exact) mass is 317 g/mol. The van der Waals surface area contributed by atoms with Crippen molar-refractivity contribution in [3.05, 3.63) is 51.5 Å². The Labute approximate surface area is 131 Å². The van der Waals surface area contributed by atoms with Crippen molar-refractivity contribution in [2.45, 2.75) is 26.9 Å². The van der Waals surface area contributed by atoms with Crippen LogP contribution in [0.25, 0.3) is 11.5 Å². The normalized spacial score (nSPS) is 10.8. The Morgan fingerprint density at radius 2 is 2.23 bits per heavy atom. The first kappa shape index (κ1) is 14.6. The Morgan fingerprint density at radius 3 is 2.91 bits per heavy atom. The first-order valence-electron chi connectivity index (χ1n) is 6.93. The largest absolute Gasteiger partial charge is 0.461 e. The van der Waals surface area contributed by atoms with Crippen LogP contribution >= 0.6 is 11.3 Å². The first-order chi connectivity index (χ1) is 10.7. The van der Waals surface area contributed by atoms with E-state index in [-0.39, 0.29) is 12.6 Å². The minimum atomic E-state index is -0.338. The summed E-state index contributed by atoms with van der Waals surface area (Å²) in [6.45, 7) is 4.14. The molecule has 0 bridgehead atoms. The SMILES string of the molecule is CCc1sc(C(=O)OCc2cc(-c3ccco3)on2)cc1C. The molecule has 0 aliphatic rings. The predicted octanol–water partition coefficient (Wildman–Crippen LogP) is 4.22. The van der Waals surface area contributed by atoms with Crippen LogP contribution in [0.15, 0.2) is 39.5 Å². The molecule has 0 unspecified atom stereocenters. The molecule has 3 aromatic rings. The second kappa shape index (κ2) is 6.19. The second-order valence-electron chi connectivity index (χ2n) is 4.81. The number of furan rings is 1. The maximum Gasteiger partial charge on any atom is 0.348 e. The fourth-order valence-electron chi connectivity index (χ4n) is 2.10. The van der Waals surface area contributed by atoms with E-state index in [4.69, 9.17) is 13.7 Å². The Bertz CT molecular complexity index is 770. The minimum Gasteiger partial charge on any atom is -0.461 e. The van der Waals surface area contributed by atoms with Crippen LogP contribution < -0.4 is 0 Å². The Hall–Kier alpha value is -2.34. The summed E-state index contributed by atoms with van der Waals surface area (Å²) in [7, 11) is 0. The predicted molar refractivity (Wildman–Crippen MR) is 81.8 cm³/mol. The number of thiophene rings is 1. The average molecular weight is 317 g/mol. The van der Waals surface area contributed by atoms with Crippen LogP contribution in [0.4, 0.5) is 0 Å². The zero-order valence-electron chi connectivity index (χ0n) is 12.3. The highest BCUT2D eigenvalue weighted by molar-refractivity contribution is 7.14. The van der Waals surface area contributed by atoms with Gasteiger partial charge in [0.15, 0.2) is 5.76 Å². The van der Waals surface area contributed by atoms with Crippen molar-refractivity contribution in [3.63, 3.8) is 0 Å². The van der Waals surface area contributed by atoms with Gasteiger partial charge in [0.2, 0.25) is 5.76 Å².